The first-order valence-electron chi connectivity index (χ1n) is 61.3. The highest BCUT2D eigenvalue weighted by Crippen LogP contribution is 2.61. The Hall–Kier alpha value is -6.80. The molecular formula is C138H198Si6. The summed E-state index contributed by atoms with van der Waals surface area (Å²) in [5.74, 6) is 25.1. The molecule has 6 heteroatoms. The van der Waals surface area contributed by atoms with E-state index in [1.165, 1.54) is 551 Å². The van der Waals surface area contributed by atoms with Crippen molar-refractivity contribution in [2.24, 2.45) is 0 Å². The molecule has 0 aliphatic rings. The van der Waals surface area contributed by atoms with Gasteiger partial charge in [-0.05, 0) is 238 Å². The Morgan fingerprint density at radius 1 is 0.125 bits per heavy atom. The van der Waals surface area contributed by atoms with Gasteiger partial charge in [-0.15, -0.1) is 33.3 Å². The summed E-state index contributed by atoms with van der Waals surface area (Å²) in [4.78, 5) is 0. The lowest BCUT2D eigenvalue weighted by Crippen LogP contribution is -2.22. The SMILES string of the molecule is CCCCCCCCCCCC[Si](C)(C)C#Cc1cc2c3cc(C#C[Si](C)(C)CCCCCCCCCCCC)cc4c5cc(C#C[Si](C)(C)CCCCCCCCCCCC)cc6c7cc(C#C[Si](C)(C)CCCCCCCCCCCC)cc8c9cc(C#C[Si](C)(C)CCCCCCCCCCCC)cc%10c%11cc(C#C[Si](C)(C)CCCCCCCCCCCC)cc%12c(c1)c2c1c(c34)c(c56)c(c78)c(c%109)c1c%12%11. The first kappa shape index (κ1) is 114. The van der Waals surface area contributed by atoms with Gasteiger partial charge in [0.15, 0.2) is 0 Å². The fourth-order valence-electron chi connectivity index (χ4n) is 24.9. The molecule has 0 unspecified atom stereocenters. The van der Waals surface area contributed by atoms with E-state index in [4.69, 9.17) is 0 Å². The van der Waals surface area contributed by atoms with Gasteiger partial charge in [0.2, 0.25) is 0 Å². The molecule has 0 bridgehead atoms. The van der Waals surface area contributed by atoms with Crippen molar-refractivity contribution in [2.75, 3.05) is 0 Å². The molecule has 0 radical (unpaired) electrons. The molecule has 0 amide bonds. The molecule has 0 fully saturated rings. The zero-order chi connectivity index (χ0) is 102. The van der Waals surface area contributed by atoms with Crippen LogP contribution in [0.4, 0.5) is 0 Å². The Morgan fingerprint density at radius 3 is 0.312 bits per heavy atom. The van der Waals surface area contributed by atoms with Gasteiger partial charge in [0, 0.05) is 33.4 Å². The van der Waals surface area contributed by atoms with Gasteiger partial charge in [0.25, 0.3) is 0 Å². The monoisotopic (exact) mass is 2020 g/mol. The van der Waals surface area contributed by atoms with Crippen molar-refractivity contribution in [3.63, 3.8) is 0 Å². The van der Waals surface area contributed by atoms with Gasteiger partial charge < -0.3 is 0 Å². The Bertz CT molecular complexity index is 5340. The zero-order valence-corrected chi connectivity index (χ0v) is 102. The van der Waals surface area contributed by atoms with Crippen LogP contribution in [0.2, 0.25) is 115 Å². The maximum Gasteiger partial charge on any atom is 0.132 e. The lowest BCUT2D eigenvalue weighted by molar-refractivity contribution is 0.561. The molecule has 774 valence electrons. The maximum atomic E-state index is 4.23. The fourth-order valence-corrected chi connectivity index (χ4v) is 35.3. The molecule has 0 spiro atoms. The van der Waals surface area contributed by atoms with Crippen LogP contribution in [0.15, 0.2) is 72.8 Å². The van der Waals surface area contributed by atoms with Crippen LogP contribution >= 0.6 is 0 Å². The van der Waals surface area contributed by atoms with E-state index in [1.807, 2.05) is 0 Å². The maximum absolute atomic E-state index is 4.23. The number of fused-ring (bicyclic) bond motifs is 6. The van der Waals surface area contributed by atoms with E-state index < -0.39 is 48.4 Å². The second-order valence-electron chi connectivity index (χ2n) is 50.3. The summed E-state index contributed by atoms with van der Waals surface area (Å²) in [6.07, 6.45) is 81.3. The van der Waals surface area contributed by atoms with Gasteiger partial charge in [-0.1, -0.05) is 541 Å². The molecule has 0 atom stereocenters. The minimum Gasteiger partial charge on any atom is -0.126 e. The van der Waals surface area contributed by atoms with Gasteiger partial charge in [-0.2, -0.15) is 0 Å². The van der Waals surface area contributed by atoms with Crippen LogP contribution in [0.3, 0.4) is 0 Å². The molecule has 0 nitrogen and oxygen atoms in total. The zero-order valence-electron chi connectivity index (χ0n) is 95.6. The van der Waals surface area contributed by atoms with Crippen molar-refractivity contribution in [3.8, 4) is 68.8 Å². The third-order valence-electron chi connectivity index (χ3n) is 33.8. The number of unbranched alkanes of at least 4 members (excludes halogenated alkanes) is 54. The van der Waals surface area contributed by atoms with E-state index >= 15 is 0 Å². The van der Waals surface area contributed by atoms with E-state index in [1.54, 1.807) is 0 Å². The van der Waals surface area contributed by atoms with Crippen LogP contribution < -0.4 is 0 Å². The Morgan fingerprint density at radius 2 is 0.215 bits per heavy atom. The molecule has 0 aliphatic heterocycles. The van der Waals surface area contributed by atoms with E-state index in [2.05, 4.69) is 262 Å². The molecule has 0 N–H and O–H groups in total. The molecule has 13 rings (SSSR count). The first-order chi connectivity index (χ1) is 69.7. The standard InChI is InChI=1S/C138H198Si6/c1-19-25-31-37-43-49-55-61-67-73-85-139(7,8)91-79-109-97-115-117-99-110(80-92-140(9,10)86-74-68-62-56-50-44-38-32-26-20-2)101-119-121-103-112(82-94-142(13,14)88-76-70-64-58-52-46-40-34-28-22-4)105-123-125-107-114(84-96-144(17,18)90-78-72-66-60-54-48-42-36-30-24-6)108-126-124-106-113(83-95-143(15,16)89-77-71-65-59-53-47-41-35-29-23-5)104-122-120-102-111(81-93-141(11,12)87-75-69-63-57-51-45-39-33-27-21-3)100-118-116(98-109)127(115)133-134(128(117)119)136(130(121)123)138(132(125)126)137(131(122)124)135(133)129(118)120/h97-108H,19-78,85-90H2,1-18H3. The smallest absolute Gasteiger partial charge is 0.126 e. The molecule has 13 aromatic carbocycles. The van der Waals surface area contributed by atoms with E-state index in [-0.39, 0.29) is 0 Å². The second-order valence-corrected chi connectivity index (χ2v) is 77.4. The molecule has 0 aliphatic carbocycles. The van der Waals surface area contributed by atoms with E-state index in [0.717, 1.165) is 33.4 Å². The summed E-state index contributed by atoms with van der Waals surface area (Å²) in [6.45, 7) is 44.9. The fraction of sp³-hybridized carbons (Fsp3) is 0.609. The summed E-state index contributed by atoms with van der Waals surface area (Å²) >= 11 is 0. The normalized spacial score (nSPS) is 12.6. The summed E-state index contributed by atoms with van der Waals surface area (Å²) < 4.78 is 0. The van der Waals surface area contributed by atoms with Crippen LogP contribution in [0, 0.1) is 68.8 Å². The van der Waals surface area contributed by atoms with Crippen LogP contribution in [0.1, 0.15) is 460 Å². The van der Waals surface area contributed by atoms with Gasteiger partial charge in [-0.25, -0.2) is 0 Å². The Balaban J connectivity index is 1.08. The molecule has 0 heterocycles. The van der Waals surface area contributed by atoms with Crippen LogP contribution in [0.25, 0.3) is 129 Å². The summed E-state index contributed by atoms with van der Waals surface area (Å²) in [7, 11) is -12.0. The lowest BCUT2D eigenvalue weighted by atomic mass is 9.72. The van der Waals surface area contributed by atoms with Gasteiger partial charge in [0.05, 0.1) is 0 Å². The summed E-state index contributed by atoms with van der Waals surface area (Å²) in [5, 5.41) is 32.9. The molecular weight excluding hydrogens is 1830 g/mol. The van der Waals surface area contributed by atoms with Crippen molar-refractivity contribution < 1.29 is 0 Å². The Kier molecular flexibility index (Phi) is 45.2. The number of benzene rings is 13. The lowest BCUT2D eigenvalue weighted by Gasteiger charge is -2.29. The number of rotatable bonds is 66. The van der Waals surface area contributed by atoms with Crippen molar-refractivity contribution in [1.29, 1.82) is 0 Å². The predicted molar refractivity (Wildman–Crippen MR) is 670 cm³/mol. The predicted octanol–water partition coefficient (Wildman–Crippen LogP) is 45.3. The number of hydrogen-bond acceptors (Lipinski definition) is 0. The second kappa shape index (κ2) is 56.9. The summed E-state index contributed by atoms with van der Waals surface area (Å²) in [5.41, 5.74) is 32.3. The highest BCUT2D eigenvalue weighted by Gasteiger charge is 2.35. The van der Waals surface area contributed by atoms with Crippen LogP contribution in [-0.4, -0.2) is 48.4 Å². The van der Waals surface area contributed by atoms with Gasteiger partial charge in [-0.3, -0.25) is 0 Å². The Labute approximate surface area is 887 Å². The van der Waals surface area contributed by atoms with Crippen molar-refractivity contribution in [3.05, 3.63) is 106 Å². The topological polar surface area (TPSA) is 0 Å². The molecule has 0 saturated heterocycles. The highest BCUT2D eigenvalue weighted by molar-refractivity contribution is 6.87. The average Bonchev–Trinajstić information content (AvgIpc) is 0.640. The van der Waals surface area contributed by atoms with E-state index in [0.29, 0.717) is 0 Å². The van der Waals surface area contributed by atoms with Crippen LogP contribution in [-0.2, 0) is 0 Å². The highest BCUT2D eigenvalue weighted by atomic mass is 28.3. The van der Waals surface area contributed by atoms with Crippen molar-refractivity contribution in [2.45, 2.75) is 542 Å². The largest absolute Gasteiger partial charge is 0.132 e. The van der Waals surface area contributed by atoms with Crippen LogP contribution in [0.5, 0.6) is 0 Å². The third-order valence-corrected chi connectivity index (χ3v) is 48.2. The average molecular weight is 2030 g/mol. The number of hydrogen-bond donors (Lipinski definition) is 0. The molecule has 144 heavy (non-hydrogen) atoms. The van der Waals surface area contributed by atoms with E-state index in [9.17, 15) is 0 Å². The van der Waals surface area contributed by atoms with Gasteiger partial charge >= 0.3 is 0 Å². The minimum absolute atomic E-state index is 1.15. The molecule has 0 saturated carbocycles. The van der Waals surface area contributed by atoms with Gasteiger partial charge in [0.1, 0.15) is 48.4 Å². The molecule has 13 aromatic rings. The third kappa shape index (κ3) is 32.2. The molecule has 0 aromatic heterocycles. The first-order valence-corrected chi connectivity index (χ1v) is 80.5. The van der Waals surface area contributed by atoms with Crippen molar-refractivity contribution in [1.82, 2.24) is 0 Å². The van der Waals surface area contributed by atoms with Crippen molar-refractivity contribution >= 4 is 178 Å². The minimum atomic E-state index is -2.01. The summed E-state index contributed by atoms with van der Waals surface area (Å²) in [6, 6.07) is 38.8. The quantitative estimate of drug-likeness (QED) is 0.0117.